The van der Waals surface area contributed by atoms with E-state index in [9.17, 15) is 4.79 Å². The first kappa shape index (κ1) is 16.7. The molecule has 0 saturated carbocycles. The summed E-state index contributed by atoms with van der Waals surface area (Å²) in [5.74, 6) is 0.795. The van der Waals surface area contributed by atoms with Crippen molar-refractivity contribution in [1.82, 2.24) is 9.80 Å². The van der Waals surface area contributed by atoms with Gasteiger partial charge in [-0.2, -0.15) is 0 Å². The molecule has 0 saturated heterocycles. The summed E-state index contributed by atoms with van der Waals surface area (Å²) in [4.78, 5) is 16.5. The Labute approximate surface area is 122 Å². The summed E-state index contributed by atoms with van der Waals surface area (Å²) in [5.41, 5.74) is 0.675. The number of rotatable bonds is 9. The van der Waals surface area contributed by atoms with Gasteiger partial charge in [-0.15, -0.1) is 0 Å². The monoisotopic (exact) mass is 278 g/mol. The van der Waals surface area contributed by atoms with E-state index in [4.69, 9.17) is 4.74 Å². The summed E-state index contributed by atoms with van der Waals surface area (Å²) >= 11 is 0. The van der Waals surface area contributed by atoms with Crippen molar-refractivity contribution in [3.63, 3.8) is 0 Å². The molecule has 4 heteroatoms. The zero-order valence-corrected chi connectivity index (χ0v) is 13.1. The van der Waals surface area contributed by atoms with E-state index in [0.717, 1.165) is 19.5 Å². The summed E-state index contributed by atoms with van der Waals surface area (Å²) in [7, 11) is 6.10. The average Bonchev–Trinajstić information content (AvgIpc) is 2.39. The molecule has 0 bridgehead atoms. The molecular weight excluding hydrogens is 252 g/mol. The smallest absolute Gasteiger partial charge is 0.180 e. The van der Waals surface area contributed by atoms with Crippen LogP contribution >= 0.6 is 0 Å². The third-order valence-corrected chi connectivity index (χ3v) is 3.05. The Balaban J connectivity index is 2.53. The predicted molar refractivity (Wildman–Crippen MR) is 82.6 cm³/mol. The Bertz CT molecular complexity index is 419. The highest BCUT2D eigenvalue weighted by atomic mass is 16.5. The first-order valence-electron chi connectivity index (χ1n) is 7.13. The lowest BCUT2D eigenvalue weighted by molar-refractivity contribution is 0.0941. The summed E-state index contributed by atoms with van der Waals surface area (Å²) in [6, 6.07) is 7.45. The highest BCUT2D eigenvalue weighted by Gasteiger charge is 2.13. The molecule has 20 heavy (non-hydrogen) atoms. The molecule has 0 amide bonds. The van der Waals surface area contributed by atoms with Gasteiger partial charge in [0.05, 0.1) is 18.7 Å². The van der Waals surface area contributed by atoms with Crippen molar-refractivity contribution in [2.24, 2.45) is 0 Å². The van der Waals surface area contributed by atoms with Gasteiger partial charge in [-0.25, -0.2) is 0 Å². The van der Waals surface area contributed by atoms with Gasteiger partial charge < -0.3 is 9.64 Å². The van der Waals surface area contributed by atoms with Crippen molar-refractivity contribution in [3.05, 3.63) is 29.8 Å². The molecule has 0 aliphatic rings. The van der Waals surface area contributed by atoms with Crippen LogP contribution in [0.2, 0.25) is 0 Å². The summed E-state index contributed by atoms with van der Waals surface area (Å²) in [6.45, 7) is 4.88. The number of ketones is 1. The maximum absolute atomic E-state index is 12.3. The molecule has 0 unspecified atom stereocenters. The number of carbonyl (C=O) groups excluding carboxylic acids is 1. The summed E-state index contributed by atoms with van der Waals surface area (Å²) in [5, 5.41) is 0. The number of Topliss-reactive ketones (excluding diaryl/α,β-unsaturated/α-hetero) is 1. The third kappa shape index (κ3) is 5.72. The lowest BCUT2D eigenvalue weighted by Crippen LogP contribution is -2.29. The Morgan fingerprint density at radius 2 is 1.85 bits per heavy atom. The molecule has 0 aliphatic carbocycles. The van der Waals surface area contributed by atoms with Crippen LogP contribution in [0.5, 0.6) is 5.75 Å². The maximum atomic E-state index is 12.3. The van der Waals surface area contributed by atoms with E-state index >= 15 is 0 Å². The van der Waals surface area contributed by atoms with E-state index in [2.05, 4.69) is 23.9 Å². The second kappa shape index (κ2) is 8.72. The van der Waals surface area contributed by atoms with Crippen LogP contribution in [0.1, 0.15) is 23.7 Å². The van der Waals surface area contributed by atoms with Gasteiger partial charge in [0.25, 0.3) is 0 Å². The highest BCUT2D eigenvalue weighted by Crippen LogP contribution is 2.18. The van der Waals surface area contributed by atoms with Gasteiger partial charge in [0.2, 0.25) is 0 Å². The quantitative estimate of drug-likeness (QED) is 0.648. The zero-order chi connectivity index (χ0) is 15.0. The van der Waals surface area contributed by atoms with E-state index in [1.54, 1.807) is 0 Å². The molecule has 0 aliphatic heterocycles. The number of nitrogens with zero attached hydrogens (tertiary/aromatic N) is 2. The first-order chi connectivity index (χ1) is 9.54. The summed E-state index contributed by atoms with van der Waals surface area (Å²) < 4.78 is 5.51. The van der Waals surface area contributed by atoms with E-state index in [1.165, 1.54) is 0 Å². The number of benzene rings is 1. The molecule has 0 spiro atoms. The Kier molecular flexibility index (Phi) is 7.26. The predicted octanol–water partition coefficient (Wildman–Crippen LogP) is 2.15. The second-order valence-corrected chi connectivity index (χ2v) is 5.25. The van der Waals surface area contributed by atoms with Gasteiger partial charge >= 0.3 is 0 Å². The minimum Gasteiger partial charge on any atom is -0.493 e. The SMILES string of the molecule is CCOc1ccccc1C(=O)CN(C)CCCN(C)C. The second-order valence-electron chi connectivity index (χ2n) is 5.25. The van der Waals surface area contributed by atoms with Crippen molar-refractivity contribution < 1.29 is 9.53 Å². The Hall–Kier alpha value is -1.39. The van der Waals surface area contributed by atoms with Gasteiger partial charge in [-0.3, -0.25) is 9.69 Å². The molecular formula is C16H26N2O2. The number of hydrogen-bond donors (Lipinski definition) is 0. The van der Waals surface area contributed by atoms with Crippen LogP contribution in [0.15, 0.2) is 24.3 Å². The molecule has 112 valence electrons. The number of para-hydroxylation sites is 1. The van der Waals surface area contributed by atoms with Crippen LogP contribution in [-0.2, 0) is 0 Å². The maximum Gasteiger partial charge on any atom is 0.180 e. The number of hydrogen-bond acceptors (Lipinski definition) is 4. The van der Waals surface area contributed by atoms with E-state index in [-0.39, 0.29) is 5.78 Å². The van der Waals surface area contributed by atoms with Crippen molar-refractivity contribution in [2.45, 2.75) is 13.3 Å². The van der Waals surface area contributed by atoms with Crippen molar-refractivity contribution in [1.29, 1.82) is 0 Å². The van der Waals surface area contributed by atoms with Gasteiger partial charge in [-0.05, 0) is 59.7 Å². The number of carbonyl (C=O) groups is 1. The zero-order valence-electron chi connectivity index (χ0n) is 13.1. The molecule has 0 aromatic heterocycles. The average molecular weight is 278 g/mol. The van der Waals surface area contributed by atoms with Crippen LogP contribution < -0.4 is 4.74 Å². The third-order valence-electron chi connectivity index (χ3n) is 3.05. The topological polar surface area (TPSA) is 32.8 Å². The van der Waals surface area contributed by atoms with Gasteiger partial charge in [0.15, 0.2) is 5.78 Å². The minimum atomic E-state index is 0.112. The Morgan fingerprint density at radius 1 is 1.15 bits per heavy atom. The molecule has 0 fully saturated rings. The lowest BCUT2D eigenvalue weighted by atomic mass is 10.1. The van der Waals surface area contributed by atoms with Crippen molar-refractivity contribution in [3.8, 4) is 5.75 Å². The molecule has 4 nitrogen and oxygen atoms in total. The fourth-order valence-electron chi connectivity index (χ4n) is 2.04. The molecule has 0 N–H and O–H groups in total. The van der Waals surface area contributed by atoms with Crippen LogP contribution in [-0.4, -0.2) is 63.0 Å². The lowest BCUT2D eigenvalue weighted by Gasteiger charge is -2.18. The Morgan fingerprint density at radius 3 is 2.50 bits per heavy atom. The van der Waals surface area contributed by atoms with Gasteiger partial charge in [0, 0.05) is 0 Å². The summed E-state index contributed by atoms with van der Waals surface area (Å²) in [6.07, 6.45) is 1.06. The number of ether oxygens (including phenoxy) is 1. The first-order valence-corrected chi connectivity index (χ1v) is 7.13. The minimum absolute atomic E-state index is 0.112. The molecule has 1 aromatic rings. The van der Waals surface area contributed by atoms with E-state index in [0.29, 0.717) is 24.5 Å². The van der Waals surface area contributed by atoms with Crippen LogP contribution in [0.4, 0.5) is 0 Å². The highest BCUT2D eigenvalue weighted by molar-refractivity contribution is 6.00. The molecule has 0 radical (unpaired) electrons. The van der Waals surface area contributed by atoms with Gasteiger partial charge in [-0.1, -0.05) is 12.1 Å². The van der Waals surface area contributed by atoms with Crippen molar-refractivity contribution >= 4 is 5.78 Å². The standard InChI is InChI=1S/C16H26N2O2/c1-5-20-16-10-7-6-9-14(16)15(19)13-18(4)12-8-11-17(2)3/h6-7,9-10H,5,8,11-13H2,1-4H3. The molecule has 1 rings (SSSR count). The fourth-order valence-corrected chi connectivity index (χ4v) is 2.04. The van der Waals surface area contributed by atoms with Crippen LogP contribution in [0.3, 0.4) is 0 Å². The van der Waals surface area contributed by atoms with Gasteiger partial charge in [0.1, 0.15) is 5.75 Å². The van der Waals surface area contributed by atoms with E-state index < -0.39 is 0 Å². The van der Waals surface area contributed by atoms with Crippen LogP contribution in [0.25, 0.3) is 0 Å². The van der Waals surface area contributed by atoms with Crippen molar-refractivity contribution in [2.75, 3.05) is 47.4 Å². The fraction of sp³-hybridized carbons (Fsp3) is 0.562. The normalized spacial score (nSPS) is 11.1. The van der Waals surface area contributed by atoms with E-state index in [1.807, 2.05) is 38.2 Å². The molecule has 1 aromatic carbocycles. The molecule has 0 atom stereocenters. The van der Waals surface area contributed by atoms with Crippen LogP contribution in [0, 0.1) is 0 Å². The largest absolute Gasteiger partial charge is 0.493 e. The molecule has 0 heterocycles. The number of likely N-dealkylation sites (N-methyl/N-ethyl adjacent to an activating group) is 1.